The molecule has 23 heavy (non-hydrogen) atoms. The fraction of sp³-hybridized carbons (Fsp3) is 0.600. The molecule has 2 atom stereocenters. The van der Waals surface area contributed by atoms with Crippen LogP contribution in [0, 0.1) is 0 Å². The number of hydrogen-bond acceptors (Lipinski definition) is 7. The van der Waals surface area contributed by atoms with Crippen LogP contribution in [0.2, 0.25) is 0 Å². The molecule has 0 saturated carbocycles. The number of aliphatic hydroxyl groups excluding tert-OH is 2. The average Bonchev–Trinajstić information content (AvgIpc) is 2.79. The van der Waals surface area contributed by atoms with Gasteiger partial charge >= 0.3 is 5.97 Å². The molecule has 8 heteroatoms. The minimum absolute atomic E-state index is 0.0140. The third-order valence-corrected chi connectivity index (χ3v) is 2.76. The van der Waals surface area contributed by atoms with Crippen molar-refractivity contribution >= 4 is 11.5 Å². The SMILES string of the molecule is C=C(C=CC(O)CC(O)CC(=O)OC(C)(C)C)c1nnnn1C. The number of aryl methyl sites for hydroxylation is 1. The second-order valence-corrected chi connectivity index (χ2v) is 6.26. The molecule has 0 aromatic carbocycles. The summed E-state index contributed by atoms with van der Waals surface area (Å²) in [5, 5.41) is 30.7. The molecular formula is C15H24N4O4. The van der Waals surface area contributed by atoms with Crippen LogP contribution in [-0.4, -0.2) is 54.2 Å². The van der Waals surface area contributed by atoms with Crippen molar-refractivity contribution in [2.24, 2.45) is 7.05 Å². The first-order valence-corrected chi connectivity index (χ1v) is 7.26. The Bertz CT molecular complexity index is 574. The van der Waals surface area contributed by atoms with Crippen LogP contribution in [0.4, 0.5) is 0 Å². The van der Waals surface area contributed by atoms with E-state index in [1.807, 2.05) is 0 Å². The zero-order chi connectivity index (χ0) is 17.6. The molecule has 0 fully saturated rings. The highest BCUT2D eigenvalue weighted by molar-refractivity contribution is 5.70. The van der Waals surface area contributed by atoms with Gasteiger partial charge in [-0.15, -0.1) is 5.10 Å². The van der Waals surface area contributed by atoms with Crippen molar-refractivity contribution in [1.29, 1.82) is 0 Å². The van der Waals surface area contributed by atoms with Crippen molar-refractivity contribution in [2.75, 3.05) is 0 Å². The summed E-state index contributed by atoms with van der Waals surface area (Å²) < 4.78 is 6.57. The predicted octanol–water partition coefficient (Wildman–Crippen LogP) is 0.623. The standard InChI is InChI=1S/C15H24N4O4/c1-10(14-16-17-18-19(14)5)6-7-11(20)8-12(21)9-13(22)23-15(2,3)4/h6-7,11-12,20-21H,1,8-9H2,2-5H3. The minimum atomic E-state index is -0.991. The van der Waals surface area contributed by atoms with Crippen molar-refractivity contribution < 1.29 is 19.7 Å². The molecule has 0 saturated heterocycles. The first-order chi connectivity index (χ1) is 10.6. The van der Waals surface area contributed by atoms with Crippen molar-refractivity contribution in [3.05, 3.63) is 24.6 Å². The Hall–Kier alpha value is -2.06. The maximum Gasteiger partial charge on any atom is 0.308 e. The van der Waals surface area contributed by atoms with E-state index >= 15 is 0 Å². The van der Waals surface area contributed by atoms with E-state index in [0.29, 0.717) is 11.4 Å². The summed E-state index contributed by atoms with van der Waals surface area (Å²) in [7, 11) is 1.68. The number of rotatable bonds is 7. The van der Waals surface area contributed by atoms with Crippen molar-refractivity contribution in [1.82, 2.24) is 20.2 Å². The highest BCUT2D eigenvalue weighted by Crippen LogP contribution is 2.13. The summed E-state index contributed by atoms with van der Waals surface area (Å²) >= 11 is 0. The molecule has 1 aromatic rings. The number of hydrogen-bond donors (Lipinski definition) is 2. The number of nitrogens with zero attached hydrogens (tertiary/aromatic N) is 4. The summed E-state index contributed by atoms with van der Waals surface area (Å²) in [4.78, 5) is 11.6. The Labute approximate surface area is 135 Å². The summed E-state index contributed by atoms with van der Waals surface area (Å²) in [5.74, 6) is -0.0292. The van der Waals surface area contributed by atoms with Gasteiger partial charge in [0.05, 0.1) is 18.6 Å². The van der Waals surface area contributed by atoms with E-state index in [0.717, 1.165) is 0 Å². The fourth-order valence-corrected chi connectivity index (χ4v) is 1.82. The number of aliphatic hydroxyl groups is 2. The van der Waals surface area contributed by atoms with Gasteiger partial charge in [0.1, 0.15) is 5.60 Å². The first-order valence-electron chi connectivity index (χ1n) is 7.26. The molecule has 8 nitrogen and oxygen atoms in total. The van der Waals surface area contributed by atoms with E-state index in [1.165, 1.54) is 10.8 Å². The second kappa shape index (κ2) is 7.98. The second-order valence-electron chi connectivity index (χ2n) is 6.26. The van der Waals surface area contributed by atoms with Crippen LogP contribution < -0.4 is 0 Å². The van der Waals surface area contributed by atoms with Gasteiger partial charge in [-0.25, -0.2) is 4.68 Å². The number of ether oxygens (including phenoxy) is 1. The topological polar surface area (TPSA) is 110 Å². The van der Waals surface area contributed by atoms with Gasteiger partial charge in [-0.05, 0) is 31.2 Å². The molecule has 0 bridgehead atoms. The number of aromatic nitrogens is 4. The summed E-state index contributed by atoms with van der Waals surface area (Å²) in [6.45, 7) is 9.06. The van der Waals surface area contributed by atoms with E-state index in [4.69, 9.17) is 4.74 Å². The molecule has 0 radical (unpaired) electrons. The molecule has 1 heterocycles. The minimum Gasteiger partial charge on any atom is -0.460 e. The molecule has 0 aliphatic rings. The molecule has 2 N–H and O–H groups in total. The summed E-state index contributed by atoms with van der Waals surface area (Å²) in [6, 6.07) is 0. The van der Waals surface area contributed by atoms with Gasteiger partial charge in [-0.3, -0.25) is 4.79 Å². The van der Waals surface area contributed by atoms with Crippen LogP contribution in [0.5, 0.6) is 0 Å². The number of tetrazole rings is 1. The maximum atomic E-state index is 11.6. The fourth-order valence-electron chi connectivity index (χ4n) is 1.82. The zero-order valence-electron chi connectivity index (χ0n) is 13.9. The molecule has 1 aromatic heterocycles. The maximum absolute atomic E-state index is 11.6. The van der Waals surface area contributed by atoms with Crippen molar-refractivity contribution in [3.8, 4) is 0 Å². The van der Waals surface area contributed by atoms with Gasteiger partial charge in [0, 0.05) is 19.0 Å². The van der Waals surface area contributed by atoms with Crippen molar-refractivity contribution in [3.63, 3.8) is 0 Å². The third kappa shape index (κ3) is 7.16. The molecule has 0 amide bonds. The van der Waals surface area contributed by atoms with Crippen LogP contribution in [0.3, 0.4) is 0 Å². The number of carbonyl (C=O) groups is 1. The Morgan fingerprint density at radius 1 is 1.43 bits per heavy atom. The molecule has 0 aliphatic heterocycles. The van der Waals surface area contributed by atoms with Gasteiger partial charge in [0.15, 0.2) is 5.82 Å². The number of carbonyl (C=O) groups excluding carboxylic acids is 1. The lowest BCUT2D eigenvalue weighted by atomic mass is 10.1. The number of esters is 1. The monoisotopic (exact) mass is 324 g/mol. The molecule has 2 unspecified atom stereocenters. The zero-order valence-corrected chi connectivity index (χ0v) is 13.9. The van der Waals surface area contributed by atoms with Crippen LogP contribution >= 0.6 is 0 Å². The van der Waals surface area contributed by atoms with Crippen LogP contribution in [0.15, 0.2) is 18.7 Å². The largest absolute Gasteiger partial charge is 0.460 e. The van der Waals surface area contributed by atoms with Crippen molar-refractivity contribution in [2.45, 2.75) is 51.4 Å². The Morgan fingerprint density at radius 2 is 2.09 bits per heavy atom. The molecular weight excluding hydrogens is 300 g/mol. The molecule has 128 valence electrons. The predicted molar refractivity (Wildman–Crippen MR) is 84.1 cm³/mol. The van der Waals surface area contributed by atoms with E-state index in [1.54, 1.807) is 33.9 Å². The Balaban J connectivity index is 2.45. The Kier molecular flexibility index (Phi) is 6.59. The normalized spacial score (nSPS) is 14.7. The first kappa shape index (κ1) is 19.0. The molecule has 0 spiro atoms. The van der Waals surface area contributed by atoms with E-state index in [-0.39, 0.29) is 12.8 Å². The van der Waals surface area contributed by atoms with Gasteiger partial charge in [-0.1, -0.05) is 18.7 Å². The van der Waals surface area contributed by atoms with Gasteiger partial charge in [0.25, 0.3) is 0 Å². The highest BCUT2D eigenvalue weighted by Gasteiger charge is 2.20. The van der Waals surface area contributed by atoms with E-state index < -0.39 is 23.8 Å². The lowest BCUT2D eigenvalue weighted by Gasteiger charge is -2.21. The van der Waals surface area contributed by atoms with E-state index in [9.17, 15) is 15.0 Å². The Morgan fingerprint density at radius 3 is 2.61 bits per heavy atom. The lowest BCUT2D eigenvalue weighted by Crippen LogP contribution is -2.27. The summed E-state index contributed by atoms with van der Waals surface area (Å²) in [6.07, 6.45) is 0.960. The van der Waals surface area contributed by atoms with Crippen LogP contribution in [0.1, 0.15) is 39.4 Å². The van der Waals surface area contributed by atoms with Crippen LogP contribution in [0.25, 0.3) is 5.57 Å². The smallest absolute Gasteiger partial charge is 0.308 e. The quantitative estimate of drug-likeness (QED) is 0.559. The van der Waals surface area contributed by atoms with E-state index in [2.05, 4.69) is 22.1 Å². The third-order valence-electron chi connectivity index (χ3n) is 2.76. The lowest BCUT2D eigenvalue weighted by molar-refractivity contribution is -0.157. The number of allylic oxidation sites excluding steroid dienone is 2. The average molecular weight is 324 g/mol. The molecule has 0 aliphatic carbocycles. The summed E-state index contributed by atoms with van der Waals surface area (Å²) in [5.41, 5.74) is -0.0739. The van der Waals surface area contributed by atoms with Gasteiger partial charge in [-0.2, -0.15) is 0 Å². The van der Waals surface area contributed by atoms with Gasteiger partial charge < -0.3 is 14.9 Å². The molecule has 1 rings (SSSR count). The van der Waals surface area contributed by atoms with Gasteiger partial charge in [0.2, 0.25) is 0 Å². The van der Waals surface area contributed by atoms with Crippen LogP contribution in [-0.2, 0) is 16.6 Å². The highest BCUT2D eigenvalue weighted by atomic mass is 16.6.